The molecule has 5 rings (SSSR count). The number of rotatable bonds is 7. The minimum Gasteiger partial charge on any atom is -0.354 e. The van der Waals surface area contributed by atoms with E-state index in [4.69, 9.17) is 9.97 Å². The number of aryl methyl sites for hydroxylation is 2. The van der Waals surface area contributed by atoms with Crippen molar-refractivity contribution < 1.29 is 0 Å². The summed E-state index contributed by atoms with van der Waals surface area (Å²) in [5.74, 6) is 2.40. The molecule has 1 aromatic heterocycles. The van der Waals surface area contributed by atoms with Crippen molar-refractivity contribution in [1.82, 2.24) is 15.3 Å². The van der Waals surface area contributed by atoms with Gasteiger partial charge in [0.2, 0.25) is 0 Å². The smallest absolute Gasteiger partial charge is 0.195 e. The quantitative estimate of drug-likeness (QED) is 0.457. The lowest BCUT2D eigenvalue weighted by molar-refractivity contribution is 0.427. The van der Waals surface area contributed by atoms with Gasteiger partial charge in [0.25, 0.3) is 0 Å². The number of aromatic nitrogens is 2. The Morgan fingerprint density at radius 1 is 0.912 bits per heavy atom. The van der Waals surface area contributed by atoms with Crippen LogP contribution < -0.4 is 10.6 Å². The van der Waals surface area contributed by atoms with Gasteiger partial charge in [-0.2, -0.15) is 0 Å². The van der Waals surface area contributed by atoms with Gasteiger partial charge >= 0.3 is 0 Å². The second-order valence-corrected chi connectivity index (χ2v) is 9.54. The monoisotopic (exact) mass is 453 g/mol. The zero-order valence-electron chi connectivity index (χ0n) is 20.2. The van der Waals surface area contributed by atoms with Crippen molar-refractivity contribution in [3.63, 3.8) is 0 Å². The highest BCUT2D eigenvalue weighted by atomic mass is 15.2. The number of nitrogens with zero attached hydrogens (tertiary/aromatic N) is 3. The second kappa shape index (κ2) is 10.8. The van der Waals surface area contributed by atoms with Crippen molar-refractivity contribution in [2.24, 2.45) is 4.99 Å². The molecule has 1 saturated carbocycles. The molecule has 0 unspecified atom stereocenters. The first-order chi connectivity index (χ1) is 16.8. The van der Waals surface area contributed by atoms with Crippen molar-refractivity contribution in [3.8, 4) is 11.3 Å². The Balaban J connectivity index is 1.39. The van der Waals surface area contributed by atoms with Crippen LogP contribution in [0.5, 0.6) is 0 Å². The maximum atomic E-state index is 5.16. The van der Waals surface area contributed by atoms with E-state index in [-0.39, 0.29) is 0 Å². The first kappa shape index (κ1) is 22.6. The van der Waals surface area contributed by atoms with E-state index in [1.807, 2.05) is 0 Å². The zero-order valence-corrected chi connectivity index (χ0v) is 20.2. The Morgan fingerprint density at radius 2 is 1.71 bits per heavy atom. The molecule has 1 fully saturated rings. The first-order valence-electron chi connectivity index (χ1n) is 12.8. The van der Waals surface area contributed by atoms with Crippen molar-refractivity contribution >= 4 is 11.6 Å². The third-order valence-electron chi connectivity index (χ3n) is 7.05. The van der Waals surface area contributed by atoms with Crippen molar-refractivity contribution in [2.75, 3.05) is 18.4 Å². The number of hydrogen-bond donors (Lipinski definition) is 2. The van der Waals surface area contributed by atoms with Crippen molar-refractivity contribution in [3.05, 3.63) is 77.2 Å². The Morgan fingerprint density at radius 3 is 2.44 bits per heavy atom. The summed E-state index contributed by atoms with van der Waals surface area (Å²) in [4.78, 5) is 14.7. The third kappa shape index (κ3) is 5.46. The summed E-state index contributed by atoms with van der Waals surface area (Å²) in [6, 6.07) is 19.3. The molecule has 0 radical (unpaired) electrons. The van der Waals surface area contributed by atoms with Crippen LogP contribution in [0, 0.1) is 6.92 Å². The molecule has 1 aliphatic heterocycles. The van der Waals surface area contributed by atoms with E-state index in [2.05, 4.69) is 77.1 Å². The van der Waals surface area contributed by atoms with Crippen molar-refractivity contribution in [2.45, 2.75) is 64.2 Å². The Kier molecular flexibility index (Phi) is 7.18. The number of hydrogen-bond acceptors (Lipinski definition) is 5. The van der Waals surface area contributed by atoms with E-state index in [0.717, 1.165) is 61.1 Å². The first-order valence-corrected chi connectivity index (χ1v) is 12.8. The molecule has 0 spiro atoms. The summed E-state index contributed by atoms with van der Waals surface area (Å²) >= 11 is 0. The fraction of sp³-hybridized carbons (Fsp3) is 0.414. The molecule has 1 aliphatic carbocycles. The van der Waals surface area contributed by atoms with E-state index in [0.29, 0.717) is 5.92 Å². The van der Waals surface area contributed by atoms with Gasteiger partial charge in [-0.15, -0.1) is 0 Å². The van der Waals surface area contributed by atoms with Crippen molar-refractivity contribution in [1.29, 1.82) is 0 Å². The van der Waals surface area contributed by atoms with Crippen LogP contribution in [0.25, 0.3) is 11.3 Å². The highest BCUT2D eigenvalue weighted by Crippen LogP contribution is 2.34. The molecule has 176 valence electrons. The molecule has 0 atom stereocenters. The van der Waals surface area contributed by atoms with E-state index < -0.39 is 0 Å². The molecule has 2 heterocycles. The SMILES string of the molecule is Cc1c(CCCc2ccccc2)nc(C2CCCCC2)nc1-c1ccc(NC2=NCCN2)cc1. The summed E-state index contributed by atoms with van der Waals surface area (Å²) in [5.41, 5.74) is 7.12. The summed E-state index contributed by atoms with van der Waals surface area (Å²) in [6.07, 6.45) is 9.51. The van der Waals surface area contributed by atoms with Gasteiger partial charge in [-0.3, -0.25) is 4.99 Å². The Hall–Kier alpha value is -3.21. The molecule has 2 N–H and O–H groups in total. The van der Waals surface area contributed by atoms with Crippen LogP contribution in [0.1, 0.15) is 67.1 Å². The fourth-order valence-electron chi connectivity index (χ4n) is 5.08. The molecule has 34 heavy (non-hydrogen) atoms. The van der Waals surface area contributed by atoms with Crippen LogP contribution in [-0.4, -0.2) is 29.0 Å². The minimum absolute atomic E-state index is 0.494. The van der Waals surface area contributed by atoms with Crippen LogP contribution in [0.4, 0.5) is 5.69 Å². The normalized spacial score (nSPS) is 16.2. The predicted octanol–water partition coefficient (Wildman–Crippen LogP) is 6.05. The fourth-order valence-corrected chi connectivity index (χ4v) is 5.08. The standard InChI is InChI=1S/C29H35N5/c1-21-26(14-8-11-22-9-4-2-5-10-22)33-28(24-12-6-3-7-13-24)34-27(21)23-15-17-25(18-16-23)32-29-30-19-20-31-29/h2,4-5,9-10,15-18,24H,3,6-8,11-14,19-20H2,1H3,(H2,30,31,32). The minimum atomic E-state index is 0.494. The summed E-state index contributed by atoms with van der Waals surface area (Å²) < 4.78 is 0. The van der Waals surface area contributed by atoms with E-state index in [1.165, 1.54) is 48.9 Å². The molecule has 0 amide bonds. The predicted molar refractivity (Wildman–Crippen MR) is 140 cm³/mol. The maximum Gasteiger partial charge on any atom is 0.195 e. The molecule has 5 nitrogen and oxygen atoms in total. The van der Waals surface area contributed by atoms with Crippen LogP contribution in [-0.2, 0) is 12.8 Å². The number of nitrogens with one attached hydrogen (secondary N) is 2. The molecule has 2 aromatic carbocycles. The number of anilines is 1. The lowest BCUT2D eigenvalue weighted by Gasteiger charge is -2.22. The third-order valence-corrected chi connectivity index (χ3v) is 7.05. The topological polar surface area (TPSA) is 62.2 Å². The number of guanidine groups is 1. The van der Waals surface area contributed by atoms with Gasteiger partial charge in [-0.1, -0.05) is 61.7 Å². The summed E-state index contributed by atoms with van der Waals surface area (Å²) in [6.45, 7) is 3.93. The van der Waals surface area contributed by atoms with E-state index >= 15 is 0 Å². The van der Waals surface area contributed by atoms with Gasteiger partial charge < -0.3 is 10.6 Å². The van der Waals surface area contributed by atoms with Crippen LogP contribution in [0.3, 0.4) is 0 Å². The summed E-state index contributed by atoms with van der Waals surface area (Å²) in [5, 5.41) is 6.62. The lowest BCUT2D eigenvalue weighted by atomic mass is 9.88. The zero-order chi connectivity index (χ0) is 23.2. The Bertz CT molecular complexity index is 1120. The molecule has 3 aromatic rings. The number of benzene rings is 2. The van der Waals surface area contributed by atoms with Gasteiger partial charge in [0.05, 0.1) is 12.2 Å². The van der Waals surface area contributed by atoms with Gasteiger partial charge in [0.15, 0.2) is 5.96 Å². The van der Waals surface area contributed by atoms with Gasteiger partial charge in [0.1, 0.15) is 5.82 Å². The second-order valence-electron chi connectivity index (χ2n) is 9.54. The van der Waals surface area contributed by atoms with Gasteiger partial charge in [-0.25, -0.2) is 9.97 Å². The molecular formula is C29H35N5. The van der Waals surface area contributed by atoms with Crippen LogP contribution >= 0.6 is 0 Å². The Labute approximate surface area is 203 Å². The molecule has 0 saturated heterocycles. The highest BCUT2D eigenvalue weighted by molar-refractivity contribution is 5.94. The van der Waals surface area contributed by atoms with E-state index in [1.54, 1.807) is 0 Å². The largest absolute Gasteiger partial charge is 0.354 e. The van der Waals surface area contributed by atoms with Gasteiger partial charge in [0, 0.05) is 29.4 Å². The maximum absolute atomic E-state index is 5.16. The average Bonchev–Trinajstić information content (AvgIpc) is 3.40. The average molecular weight is 454 g/mol. The molecule has 5 heteroatoms. The molecule has 2 aliphatic rings. The molecule has 0 bridgehead atoms. The highest BCUT2D eigenvalue weighted by Gasteiger charge is 2.21. The summed E-state index contributed by atoms with van der Waals surface area (Å²) in [7, 11) is 0. The van der Waals surface area contributed by atoms with E-state index in [9.17, 15) is 0 Å². The number of aliphatic imine (C=N–C) groups is 1. The van der Waals surface area contributed by atoms with Gasteiger partial charge in [-0.05, 0) is 62.3 Å². The lowest BCUT2D eigenvalue weighted by Crippen LogP contribution is -2.26. The van der Waals surface area contributed by atoms with Crippen LogP contribution in [0.15, 0.2) is 59.6 Å². The van der Waals surface area contributed by atoms with Crippen LogP contribution in [0.2, 0.25) is 0 Å². The molecular weight excluding hydrogens is 418 g/mol.